The van der Waals surface area contributed by atoms with Gasteiger partial charge in [0.15, 0.2) is 5.71 Å². The summed E-state index contributed by atoms with van der Waals surface area (Å²) in [5.41, 5.74) is 2.75. The van der Waals surface area contributed by atoms with Gasteiger partial charge in [0.25, 0.3) is 0 Å². The highest BCUT2D eigenvalue weighted by molar-refractivity contribution is 6.43. The lowest BCUT2D eigenvalue weighted by Gasteiger charge is -2.20. The number of aliphatic imine (C=N–C) groups is 1. The molecule has 0 bridgehead atoms. The van der Waals surface area contributed by atoms with Gasteiger partial charge in [-0.15, -0.1) is 0 Å². The fraction of sp³-hybridized carbons (Fsp3) is 0.300. The Labute approximate surface area is 138 Å². The summed E-state index contributed by atoms with van der Waals surface area (Å²) in [6.07, 6.45) is 0. The van der Waals surface area contributed by atoms with Crippen LogP contribution in [0.3, 0.4) is 0 Å². The molecule has 0 saturated heterocycles. The standard InChI is InChI=1S/C20H23NO2/c1-15-9-8-12-17(13-15)18(19(22)23-20(2,3)4)21-14-16-10-6-5-7-11-16/h5-13H,14H2,1-4H3. The van der Waals surface area contributed by atoms with Crippen LogP contribution in [0.5, 0.6) is 0 Å². The lowest BCUT2D eigenvalue weighted by Crippen LogP contribution is -2.29. The molecule has 0 radical (unpaired) electrons. The van der Waals surface area contributed by atoms with E-state index in [0.29, 0.717) is 12.3 Å². The highest BCUT2D eigenvalue weighted by Gasteiger charge is 2.22. The van der Waals surface area contributed by atoms with Gasteiger partial charge in [-0.1, -0.05) is 54.1 Å². The Morgan fingerprint density at radius 3 is 2.35 bits per heavy atom. The van der Waals surface area contributed by atoms with E-state index < -0.39 is 5.60 Å². The van der Waals surface area contributed by atoms with Crippen LogP contribution in [-0.2, 0) is 16.1 Å². The maximum absolute atomic E-state index is 12.5. The van der Waals surface area contributed by atoms with Gasteiger partial charge >= 0.3 is 5.97 Å². The molecular weight excluding hydrogens is 286 g/mol. The molecule has 3 heteroatoms. The second kappa shape index (κ2) is 7.23. The molecule has 0 aliphatic heterocycles. The number of hydrogen-bond donors (Lipinski definition) is 0. The highest BCUT2D eigenvalue weighted by atomic mass is 16.6. The van der Waals surface area contributed by atoms with Crippen molar-refractivity contribution in [1.82, 2.24) is 0 Å². The van der Waals surface area contributed by atoms with Gasteiger partial charge < -0.3 is 4.74 Å². The quantitative estimate of drug-likeness (QED) is 0.623. The van der Waals surface area contributed by atoms with Crippen LogP contribution >= 0.6 is 0 Å². The fourth-order valence-corrected chi connectivity index (χ4v) is 2.15. The number of rotatable bonds is 4. The van der Waals surface area contributed by atoms with Crippen molar-refractivity contribution in [3.05, 3.63) is 71.3 Å². The normalized spacial score (nSPS) is 12.1. The first-order valence-electron chi connectivity index (χ1n) is 7.74. The summed E-state index contributed by atoms with van der Waals surface area (Å²) >= 11 is 0. The van der Waals surface area contributed by atoms with Gasteiger partial charge in [-0.25, -0.2) is 4.79 Å². The number of hydrogen-bond acceptors (Lipinski definition) is 3. The summed E-state index contributed by atoms with van der Waals surface area (Å²) < 4.78 is 5.51. The molecule has 0 heterocycles. The zero-order valence-corrected chi connectivity index (χ0v) is 14.2. The first-order valence-corrected chi connectivity index (χ1v) is 7.74. The first kappa shape index (κ1) is 16.9. The number of aryl methyl sites for hydroxylation is 1. The maximum atomic E-state index is 12.5. The largest absolute Gasteiger partial charge is 0.455 e. The molecule has 0 aromatic heterocycles. The van der Waals surface area contributed by atoms with E-state index in [1.807, 2.05) is 82.3 Å². The Morgan fingerprint density at radius 2 is 1.74 bits per heavy atom. The second-order valence-corrected chi connectivity index (χ2v) is 6.52. The summed E-state index contributed by atoms with van der Waals surface area (Å²) in [5.74, 6) is -0.390. The Bertz CT molecular complexity index is 697. The zero-order chi connectivity index (χ0) is 16.9. The van der Waals surface area contributed by atoms with Crippen molar-refractivity contribution < 1.29 is 9.53 Å². The highest BCUT2D eigenvalue weighted by Crippen LogP contribution is 2.13. The predicted octanol–water partition coefficient (Wildman–Crippen LogP) is 4.33. The maximum Gasteiger partial charge on any atom is 0.357 e. The molecule has 0 saturated carbocycles. The summed E-state index contributed by atoms with van der Waals surface area (Å²) in [6.45, 7) is 8.01. The molecule has 0 aliphatic carbocycles. The summed E-state index contributed by atoms with van der Waals surface area (Å²) in [6, 6.07) is 17.6. The topological polar surface area (TPSA) is 38.7 Å². The number of ether oxygens (including phenoxy) is 1. The summed E-state index contributed by atoms with van der Waals surface area (Å²) in [7, 11) is 0. The Balaban J connectivity index is 2.33. The molecule has 0 aliphatic rings. The van der Waals surface area contributed by atoms with Crippen LogP contribution in [0.25, 0.3) is 0 Å². The Kier molecular flexibility index (Phi) is 5.32. The van der Waals surface area contributed by atoms with Crippen molar-refractivity contribution in [3.8, 4) is 0 Å². The third-order valence-electron chi connectivity index (χ3n) is 3.15. The average molecular weight is 309 g/mol. The molecule has 0 N–H and O–H groups in total. The SMILES string of the molecule is Cc1cccc(C(=NCc2ccccc2)C(=O)OC(C)(C)C)c1. The van der Waals surface area contributed by atoms with E-state index in [-0.39, 0.29) is 5.97 Å². The van der Waals surface area contributed by atoms with Crippen molar-refractivity contribution in [3.63, 3.8) is 0 Å². The van der Waals surface area contributed by atoms with E-state index >= 15 is 0 Å². The van der Waals surface area contributed by atoms with Gasteiger partial charge in [0.2, 0.25) is 0 Å². The van der Waals surface area contributed by atoms with E-state index in [9.17, 15) is 4.79 Å². The van der Waals surface area contributed by atoms with Crippen LogP contribution < -0.4 is 0 Å². The van der Waals surface area contributed by atoms with Crippen LogP contribution in [0.2, 0.25) is 0 Å². The molecule has 0 unspecified atom stereocenters. The lowest BCUT2D eigenvalue weighted by molar-refractivity contribution is -0.146. The van der Waals surface area contributed by atoms with Gasteiger partial charge in [0.05, 0.1) is 6.54 Å². The molecule has 0 amide bonds. The molecule has 2 aromatic carbocycles. The Hall–Kier alpha value is -2.42. The van der Waals surface area contributed by atoms with Gasteiger partial charge in [0, 0.05) is 5.56 Å². The predicted molar refractivity (Wildman–Crippen MR) is 93.7 cm³/mol. The number of esters is 1. The van der Waals surface area contributed by atoms with E-state index in [4.69, 9.17) is 4.74 Å². The monoisotopic (exact) mass is 309 g/mol. The zero-order valence-electron chi connectivity index (χ0n) is 14.2. The third-order valence-corrected chi connectivity index (χ3v) is 3.15. The van der Waals surface area contributed by atoms with Crippen LogP contribution in [0, 0.1) is 6.92 Å². The molecule has 120 valence electrons. The molecule has 0 spiro atoms. The second-order valence-electron chi connectivity index (χ2n) is 6.52. The smallest absolute Gasteiger partial charge is 0.357 e. The average Bonchev–Trinajstić information content (AvgIpc) is 2.47. The minimum absolute atomic E-state index is 0.368. The minimum atomic E-state index is -0.547. The molecule has 0 atom stereocenters. The van der Waals surface area contributed by atoms with Gasteiger partial charge in [-0.2, -0.15) is 0 Å². The van der Waals surface area contributed by atoms with Crippen molar-refractivity contribution in [2.45, 2.75) is 39.8 Å². The van der Waals surface area contributed by atoms with Crippen molar-refractivity contribution in [2.75, 3.05) is 0 Å². The third kappa shape index (κ3) is 5.37. The van der Waals surface area contributed by atoms with Gasteiger partial charge in [0.1, 0.15) is 5.60 Å². The van der Waals surface area contributed by atoms with E-state index in [1.54, 1.807) is 0 Å². The van der Waals surface area contributed by atoms with Crippen LogP contribution in [-0.4, -0.2) is 17.3 Å². The fourth-order valence-electron chi connectivity index (χ4n) is 2.15. The van der Waals surface area contributed by atoms with Gasteiger partial charge in [-0.05, 0) is 39.3 Å². The summed E-state index contributed by atoms with van der Waals surface area (Å²) in [5, 5.41) is 0. The van der Waals surface area contributed by atoms with Crippen LogP contribution in [0.15, 0.2) is 59.6 Å². The van der Waals surface area contributed by atoms with E-state index in [2.05, 4.69) is 4.99 Å². The number of carbonyl (C=O) groups excluding carboxylic acids is 1. The van der Waals surface area contributed by atoms with Crippen molar-refractivity contribution in [2.24, 2.45) is 4.99 Å². The number of benzene rings is 2. The molecule has 2 aromatic rings. The lowest BCUT2D eigenvalue weighted by atomic mass is 10.1. The molecule has 3 nitrogen and oxygen atoms in total. The summed E-state index contributed by atoms with van der Waals surface area (Å²) in [4.78, 5) is 17.1. The van der Waals surface area contributed by atoms with Crippen molar-refractivity contribution in [1.29, 1.82) is 0 Å². The Morgan fingerprint density at radius 1 is 1.04 bits per heavy atom. The van der Waals surface area contributed by atoms with Crippen molar-refractivity contribution >= 4 is 11.7 Å². The van der Waals surface area contributed by atoms with Crippen LogP contribution in [0.1, 0.15) is 37.5 Å². The van der Waals surface area contributed by atoms with E-state index in [1.165, 1.54) is 0 Å². The first-order chi connectivity index (χ1) is 10.8. The minimum Gasteiger partial charge on any atom is -0.455 e. The number of nitrogens with zero attached hydrogens (tertiary/aromatic N) is 1. The van der Waals surface area contributed by atoms with Gasteiger partial charge in [-0.3, -0.25) is 4.99 Å². The van der Waals surface area contributed by atoms with E-state index in [0.717, 1.165) is 16.7 Å². The molecule has 2 rings (SSSR count). The molecule has 0 fully saturated rings. The molecular formula is C20H23NO2. The van der Waals surface area contributed by atoms with Crippen LogP contribution in [0.4, 0.5) is 0 Å². The molecule has 23 heavy (non-hydrogen) atoms. The number of carbonyl (C=O) groups is 1.